The first kappa shape index (κ1) is 11.4. The van der Waals surface area contributed by atoms with Crippen LogP contribution in [-0.4, -0.2) is 28.1 Å². The predicted octanol–water partition coefficient (Wildman–Crippen LogP) is 2.41. The molecule has 3 nitrogen and oxygen atoms in total. The Balaban J connectivity index is 1.84. The Hall–Kier alpha value is -1.09. The summed E-state index contributed by atoms with van der Waals surface area (Å²) in [5, 5.41) is 9.15. The molecule has 0 aliphatic carbocycles. The van der Waals surface area contributed by atoms with E-state index in [-0.39, 0.29) is 5.75 Å². The molecule has 0 radical (unpaired) electrons. The first-order chi connectivity index (χ1) is 7.78. The molecule has 1 N–H and O–H groups in total. The molecular weight excluding hydrogens is 200 g/mol. The fourth-order valence-electron chi connectivity index (χ4n) is 2.44. The molecule has 1 fully saturated rings. The van der Waals surface area contributed by atoms with Crippen molar-refractivity contribution in [3.8, 4) is 5.75 Å². The molecule has 2 rings (SSSR count). The summed E-state index contributed by atoms with van der Waals surface area (Å²) in [6.45, 7) is 5.56. The molecule has 1 aromatic heterocycles. The lowest BCUT2D eigenvalue weighted by molar-refractivity contribution is 0.309. The van der Waals surface area contributed by atoms with Crippen molar-refractivity contribution < 1.29 is 5.11 Å². The van der Waals surface area contributed by atoms with Crippen LogP contribution in [0.4, 0.5) is 0 Å². The molecule has 0 spiro atoms. The maximum absolute atomic E-state index is 9.15. The number of aromatic nitrogens is 1. The minimum Gasteiger partial charge on any atom is -0.506 e. The Labute approximate surface area is 97.1 Å². The van der Waals surface area contributed by atoms with Crippen molar-refractivity contribution >= 4 is 0 Å². The maximum Gasteiger partial charge on any atom is 0.133 e. The molecule has 1 aromatic rings. The summed E-state index contributed by atoms with van der Waals surface area (Å²) in [5.74, 6) is 1.12. The van der Waals surface area contributed by atoms with Crippen LogP contribution in [0.15, 0.2) is 18.3 Å². The molecule has 88 valence electrons. The maximum atomic E-state index is 9.15. The average molecular weight is 220 g/mol. The van der Waals surface area contributed by atoms with E-state index < -0.39 is 0 Å². The van der Waals surface area contributed by atoms with Crippen LogP contribution in [0.3, 0.4) is 0 Å². The van der Waals surface area contributed by atoms with Gasteiger partial charge in [0.25, 0.3) is 0 Å². The summed E-state index contributed by atoms with van der Waals surface area (Å²) < 4.78 is 0. The predicted molar refractivity (Wildman–Crippen MR) is 64.2 cm³/mol. The summed E-state index contributed by atoms with van der Waals surface area (Å²) in [6.07, 6.45) is 5.48. The molecule has 0 saturated carbocycles. The van der Waals surface area contributed by atoms with E-state index in [0.717, 1.165) is 18.2 Å². The minimum absolute atomic E-state index is 0.244. The molecule has 3 heteroatoms. The molecule has 1 saturated heterocycles. The molecule has 2 heterocycles. The van der Waals surface area contributed by atoms with Crippen molar-refractivity contribution in [2.75, 3.05) is 13.1 Å². The molecule has 1 aliphatic rings. The third-order valence-corrected chi connectivity index (χ3v) is 3.26. The van der Waals surface area contributed by atoms with E-state index in [0.29, 0.717) is 0 Å². The highest BCUT2D eigenvalue weighted by Gasteiger charge is 2.21. The Morgan fingerprint density at radius 3 is 3.06 bits per heavy atom. The molecule has 0 amide bonds. The number of likely N-dealkylation sites (tertiary alicyclic amines) is 1. The quantitative estimate of drug-likeness (QED) is 0.846. The summed E-state index contributed by atoms with van der Waals surface area (Å²) in [6, 6.07) is 3.62. The van der Waals surface area contributed by atoms with Gasteiger partial charge < -0.3 is 5.11 Å². The molecule has 1 atom stereocenters. The van der Waals surface area contributed by atoms with Gasteiger partial charge in [-0.1, -0.05) is 13.3 Å². The smallest absolute Gasteiger partial charge is 0.133 e. The van der Waals surface area contributed by atoms with Gasteiger partial charge in [-0.2, -0.15) is 0 Å². The molecular formula is C13H20N2O. The number of rotatable bonds is 4. The molecule has 0 aromatic carbocycles. The topological polar surface area (TPSA) is 36.4 Å². The van der Waals surface area contributed by atoms with Crippen LogP contribution in [-0.2, 0) is 6.54 Å². The van der Waals surface area contributed by atoms with Crippen LogP contribution in [0.1, 0.15) is 31.9 Å². The zero-order valence-electron chi connectivity index (χ0n) is 9.89. The fraction of sp³-hybridized carbons (Fsp3) is 0.615. The van der Waals surface area contributed by atoms with Gasteiger partial charge in [-0.3, -0.25) is 9.88 Å². The first-order valence-corrected chi connectivity index (χ1v) is 6.14. The lowest BCUT2D eigenvalue weighted by Crippen LogP contribution is -2.20. The van der Waals surface area contributed by atoms with E-state index in [1.165, 1.54) is 38.5 Å². The van der Waals surface area contributed by atoms with Gasteiger partial charge >= 0.3 is 0 Å². The van der Waals surface area contributed by atoms with Gasteiger partial charge in [0, 0.05) is 13.1 Å². The van der Waals surface area contributed by atoms with Gasteiger partial charge in [-0.05, 0) is 37.4 Å². The summed E-state index contributed by atoms with van der Waals surface area (Å²) in [4.78, 5) is 6.68. The molecule has 16 heavy (non-hydrogen) atoms. The van der Waals surface area contributed by atoms with E-state index in [4.69, 9.17) is 5.11 Å². The Kier molecular flexibility index (Phi) is 3.78. The Bertz CT molecular complexity index is 323. The van der Waals surface area contributed by atoms with Crippen LogP contribution in [0, 0.1) is 5.92 Å². The summed E-state index contributed by atoms with van der Waals surface area (Å²) in [5.41, 5.74) is 1.05. The number of hydrogen-bond donors (Lipinski definition) is 1. The van der Waals surface area contributed by atoms with Crippen LogP contribution in [0.2, 0.25) is 0 Å². The van der Waals surface area contributed by atoms with E-state index in [1.807, 2.05) is 6.07 Å². The lowest BCUT2D eigenvalue weighted by Gasteiger charge is -2.15. The average Bonchev–Trinajstić information content (AvgIpc) is 2.70. The number of hydrogen-bond acceptors (Lipinski definition) is 3. The van der Waals surface area contributed by atoms with Gasteiger partial charge in [-0.25, -0.2) is 0 Å². The molecule has 1 aliphatic heterocycles. The highest BCUT2D eigenvalue weighted by Crippen LogP contribution is 2.22. The van der Waals surface area contributed by atoms with Crippen LogP contribution >= 0.6 is 0 Å². The van der Waals surface area contributed by atoms with E-state index in [2.05, 4.69) is 16.8 Å². The minimum atomic E-state index is 0.244. The van der Waals surface area contributed by atoms with E-state index >= 15 is 0 Å². The Morgan fingerprint density at radius 2 is 2.38 bits per heavy atom. The Morgan fingerprint density at radius 1 is 1.50 bits per heavy atom. The standard InChI is InChI=1S/C13H20N2O/c1-2-3-11-6-7-15(9-11)10-12-4-5-13(16)8-14-12/h4-5,8,11,16H,2-3,6-7,9-10H2,1H3. The highest BCUT2D eigenvalue weighted by molar-refractivity contribution is 5.17. The summed E-state index contributed by atoms with van der Waals surface area (Å²) in [7, 11) is 0. The van der Waals surface area contributed by atoms with E-state index in [9.17, 15) is 0 Å². The number of pyridine rings is 1. The third-order valence-electron chi connectivity index (χ3n) is 3.26. The lowest BCUT2D eigenvalue weighted by atomic mass is 10.0. The van der Waals surface area contributed by atoms with Gasteiger partial charge in [0.05, 0.1) is 11.9 Å². The zero-order valence-corrected chi connectivity index (χ0v) is 9.89. The highest BCUT2D eigenvalue weighted by atomic mass is 16.3. The van der Waals surface area contributed by atoms with Gasteiger partial charge in [0.15, 0.2) is 0 Å². The largest absolute Gasteiger partial charge is 0.506 e. The molecule has 0 bridgehead atoms. The van der Waals surface area contributed by atoms with Crippen LogP contribution in [0.25, 0.3) is 0 Å². The van der Waals surface area contributed by atoms with Crippen LogP contribution < -0.4 is 0 Å². The second kappa shape index (κ2) is 5.30. The fourth-order valence-corrected chi connectivity index (χ4v) is 2.44. The normalized spacial score (nSPS) is 21.4. The van der Waals surface area contributed by atoms with Gasteiger partial charge in [-0.15, -0.1) is 0 Å². The first-order valence-electron chi connectivity index (χ1n) is 6.14. The summed E-state index contributed by atoms with van der Waals surface area (Å²) >= 11 is 0. The SMILES string of the molecule is CCCC1CCN(Cc2ccc(O)cn2)C1. The van der Waals surface area contributed by atoms with Crippen molar-refractivity contribution in [1.82, 2.24) is 9.88 Å². The van der Waals surface area contributed by atoms with Crippen molar-refractivity contribution in [2.24, 2.45) is 5.92 Å². The van der Waals surface area contributed by atoms with Crippen LogP contribution in [0.5, 0.6) is 5.75 Å². The second-order valence-corrected chi connectivity index (χ2v) is 4.69. The van der Waals surface area contributed by atoms with Gasteiger partial charge in [0.2, 0.25) is 0 Å². The third kappa shape index (κ3) is 2.95. The van der Waals surface area contributed by atoms with Crippen molar-refractivity contribution in [3.63, 3.8) is 0 Å². The zero-order chi connectivity index (χ0) is 11.4. The van der Waals surface area contributed by atoms with Crippen molar-refractivity contribution in [1.29, 1.82) is 0 Å². The monoisotopic (exact) mass is 220 g/mol. The van der Waals surface area contributed by atoms with E-state index in [1.54, 1.807) is 6.07 Å². The number of nitrogens with zero attached hydrogens (tertiary/aromatic N) is 2. The van der Waals surface area contributed by atoms with Gasteiger partial charge in [0.1, 0.15) is 5.75 Å². The van der Waals surface area contributed by atoms with Crippen molar-refractivity contribution in [2.45, 2.75) is 32.7 Å². The molecule has 1 unspecified atom stereocenters. The second-order valence-electron chi connectivity index (χ2n) is 4.69. The number of aromatic hydroxyl groups is 1. The van der Waals surface area contributed by atoms with Crippen molar-refractivity contribution in [3.05, 3.63) is 24.0 Å².